The molecule has 0 radical (unpaired) electrons. The largest absolute Gasteiger partial charge is 0.497 e. The van der Waals surface area contributed by atoms with E-state index in [0.717, 1.165) is 18.6 Å². The van der Waals surface area contributed by atoms with Crippen LogP contribution in [0.5, 0.6) is 5.75 Å². The van der Waals surface area contributed by atoms with Gasteiger partial charge in [0.25, 0.3) is 0 Å². The lowest BCUT2D eigenvalue weighted by Gasteiger charge is -2.53. The van der Waals surface area contributed by atoms with Gasteiger partial charge in [-0.1, -0.05) is 26.8 Å². The van der Waals surface area contributed by atoms with Crippen LogP contribution in [0.3, 0.4) is 0 Å². The molecule has 0 fully saturated rings. The van der Waals surface area contributed by atoms with Crippen molar-refractivity contribution in [2.75, 3.05) is 7.11 Å². The summed E-state index contributed by atoms with van der Waals surface area (Å²) in [5.41, 5.74) is 5.95. The molecule has 0 spiro atoms. The number of nitrogens with one attached hydrogen (secondary N) is 1. The van der Waals surface area contributed by atoms with Gasteiger partial charge in [0.2, 0.25) is 0 Å². The zero-order valence-corrected chi connectivity index (χ0v) is 13.9. The van der Waals surface area contributed by atoms with Gasteiger partial charge in [0, 0.05) is 16.5 Å². The van der Waals surface area contributed by atoms with Gasteiger partial charge in [-0.15, -0.1) is 0 Å². The molecular weight excluding hydrogens is 272 g/mol. The van der Waals surface area contributed by atoms with Gasteiger partial charge >= 0.3 is 0 Å². The molecule has 2 aliphatic rings. The number of H-pyrrole nitrogens is 1. The van der Waals surface area contributed by atoms with Crippen molar-refractivity contribution < 1.29 is 4.74 Å². The van der Waals surface area contributed by atoms with Gasteiger partial charge in [0.15, 0.2) is 0 Å². The van der Waals surface area contributed by atoms with Gasteiger partial charge in [-0.25, -0.2) is 0 Å². The van der Waals surface area contributed by atoms with Crippen LogP contribution in [0.4, 0.5) is 0 Å². The monoisotopic (exact) mass is 296 g/mol. The molecule has 1 aromatic heterocycles. The minimum Gasteiger partial charge on any atom is -0.497 e. The minimum absolute atomic E-state index is 0.125. The first-order chi connectivity index (χ1) is 10.5. The van der Waals surface area contributed by atoms with Crippen LogP contribution < -0.4 is 4.74 Å². The maximum Gasteiger partial charge on any atom is 0.119 e. The lowest BCUT2D eigenvalue weighted by molar-refractivity contribution is 0.136. The van der Waals surface area contributed by atoms with Crippen LogP contribution in [-0.2, 0) is 23.7 Å². The average molecular weight is 296 g/mol. The van der Waals surface area contributed by atoms with Gasteiger partial charge in [0.05, 0.1) is 13.3 Å². The maximum absolute atomic E-state index is 5.49. The summed E-state index contributed by atoms with van der Waals surface area (Å²) in [5.74, 6) is 1.59. The highest BCUT2D eigenvalue weighted by Crippen LogP contribution is 2.56. The summed E-state index contributed by atoms with van der Waals surface area (Å²) in [6.45, 7) is 7.18. The fourth-order valence-electron chi connectivity index (χ4n) is 5.19. The Morgan fingerprint density at radius 3 is 2.82 bits per heavy atom. The van der Waals surface area contributed by atoms with Crippen LogP contribution in [0.2, 0.25) is 0 Å². The van der Waals surface area contributed by atoms with Crippen LogP contribution in [-0.4, -0.2) is 17.3 Å². The molecule has 2 aromatic rings. The second kappa shape index (κ2) is 4.37. The topological polar surface area (TPSA) is 37.9 Å². The number of hydrogen-bond acceptors (Lipinski definition) is 2. The summed E-state index contributed by atoms with van der Waals surface area (Å²) in [7, 11) is 1.75. The fourth-order valence-corrected chi connectivity index (χ4v) is 5.19. The zero-order chi connectivity index (χ0) is 15.5. The Morgan fingerprint density at radius 2 is 2.05 bits per heavy atom. The van der Waals surface area contributed by atoms with Crippen molar-refractivity contribution in [3.63, 3.8) is 0 Å². The van der Waals surface area contributed by atoms with Crippen molar-refractivity contribution >= 4 is 0 Å². The van der Waals surface area contributed by atoms with Gasteiger partial charge in [-0.05, 0) is 54.0 Å². The summed E-state index contributed by atoms with van der Waals surface area (Å²) in [6.07, 6.45) is 5.48. The molecule has 1 unspecified atom stereocenters. The van der Waals surface area contributed by atoms with E-state index in [9.17, 15) is 0 Å². The molecule has 2 aliphatic carbocycles. The first-order valence-corrected chi connectivity index (χ1v) is 8.17. The molecule has 0 saturated carbocycles. The number of aryl methyl sites for hydroxylation is 1. The number of rotatable bonds is 1. The van der Waals surface area contributed by atoms with E-state index in [2.05, 4.69) is 49.2 Å². The minimum atomic E-state index is 0.125. The van der Waals surface area contributed by atoms with E-state index in [1.807, 2.05) is 6.20 Å². The van der Waals surface area contributed by atoms with Gasteiger partial charge in [-0.2, -0.15) is 5.10 Å². The van der Waals surface area contributed by atoms with Gasteiger partial charge < -0.3 is 4.74 Å². The molecule has 1 aromatic carbocycles. The Hall–Kier alpha value is -1.77. The van der Waals surface area contributed by atoms with Crippen LogP contribution in [0.1, 0.15) is 49.6 Å². The Labute approximate surface area is 132 Å². The third-order valence-electron chi connectivity index (χ3n) is 6.19. The molecule has 1 N–H and O–H groups in total. The molecule has 116 valence electrons. The third kappa shape index (κ3) is 1.65. The summed E-state index contributed by atoms with van der Waals surface area (Å²) >= 11 is 0. The Morgan fingerprint density at radius 1 is 1.23 bits per heavy atom. The molecule has 0 aliphatic heterocycles. The van der Waals surface area contributed by atoms with E-state index < -0.39 is 0 Å². The second-order valence-electron chi connectivity index (χ2n) is 7.70. The number of nitrogens with zero attached hydrogens (tertiary/aromatic N) is 1. The fraction of sp³-hybridized carbons (Fsp3) is 0.526. The molecule has 0 saturated heterocycles. The highest BCUT2D eigenvalue weighted by Gasteiger charge is 2.52. The van der Waals surface area contributed by atoms with Crippen molar-refractivity contribution in [2.45, 2.75) is 50.9 Å². The number of methoxy groups -OCH3 is 1. The third-order valence-corrected chi connectivity index (χ3v) is 6.19. The van der Waals surface area contributed by atoms with Crippen molar-refractivity contribution in [2.24, 2.45) is 5.92 Å². The Balaban J connectivity index is 1.93. The van der Waals surface area contributed by atoms with E-state index in [1.54, 1.807) is 7.11 Å². The first kappa shape index (κ1) is 13.9. The zero-order valence-electron chi connectivity index (χ0n) is 13.9. The summed E-state index contributed by atoms with van der Waals surface area (Å²) in [6, 6.07) is 6.62. The summed E-state index contributed by atoms with van der Waals surface area (Å²) in [4.78, 5) is 0. The van der Waals surface area contributed by atoms with E-state index in [1.165, 1.54) is 28.8 Å². The lowest BCUT2D eigenvalue weighted by Crippen LogP contribution is -2.51. The Bertz CT molecular complexity index is 731. The van der Waals surface area contributed by atoms with Crippen LogP contribution in [0, 0.1) is 5.92 Å². The highest BCUT2D eigenvalue weighted by atomic mass is 16.5. The molecule has 4 rings (SSSR count). The number of aromatic nitrogens is 2. The molecular formula is C19H24N2O. The number of ether oxygens (including phenoxy) is 1. The normalized spacial score (nSPS) is 28.5. The van der Waals surface area contributed by atoms with E-state index in [0.29, 0.717) is 5.92 Å². The van der Waals surface area contributed by atoms with Crippen molar-refractivity contribution in [1.82, 2.24) is 10.2 Å². The van der Waals surface area contributed by atoms with Crippen LogP contribution in [0.25, 0.3) is 0 Å². The van der Waals surface area contributed by atoms with Crippen molar-refractivity contribution in [3.05, 3.63) is 46.8 Å². The van der Waals surface area contributed by atoms with E-state index in [4.69, 9.17) is 4.74 Å². The van der Waals surface area contributed by atoms with E-state index >= 15 is 0 Å². The number of benzene rings is 1. The molecule has 3 nitrogen and oxygen atoms in total. The van der Waals surface area contributed by atoms with Crippen LogP contribution >= 0.6 is 0 Å². The molecule has 1 heterocycles. The van der Waals surface area contributed by atoms with Crippen LogP contribution in [0.15, 0.2) is 24.4 Å². The maximum atomic E-state index is 5.49. The molecule has 3 heteroatoms. The average Bonchev–Trinajstić information content (AvgIpc) is 2.95. The standard InChI is InChI=1S/C19H24N2O/c1-18(2)16-8-6-12-5-7-14(22-4)9-15(12)19(16,3)10-13-11-20-21-17(13)18/h5,7,9,11,16H,6,8,10H2,1-4H3,(H,20,21)/t16?,19-/m1/s1. The molecule has 0 amide bonds. The molecule has 2 atom stereocenters. The smallest absolute Gasteiger partial charge is 0.119 e. The molecule has 22 heavy (non-hydrogen) atoms. The number of aromatic amines is 1. The van der Waals surface area contributed by atoms with Gasteiger partial charge in [-0.3, -0.25) is 5.10 Å². The SMILES string of the molecule is COc1ccc2c(c1)[C@@]1(C)Cc3cn[nH]c3C(C)(C)C1CC2. The van der Waals surface area contributed by atoms with Gasteiger partial charge in [0.1, 0.15) is 5.75 Å². The van der Waals surface area contributed by atoms with E-state index in [-0.39, 0.29) is 10.8 Å². The van der Waals surface area contributed by atoms with Crippen molar-refractivity contribution in [3.8, 4) is 5.75 Å². The molecule has 0 bridgehead atoms. The number of hydrogen-bond donors (Lipinski definition) is 1. The summed E-state index contributed by atoms with van der Waals surface area (Å²) in [5, 5.41) is 7.60. The predicted octanol–water partition coefficient (Wildman–Crippen LogP) is 3.77. The van der Waals surface area contributed by atoms with Crippen molar-refractivity contribution in [1.29, 1.82) is 0 Å². The second-order valence-corrected chi connectivity index (χ2v) is 7.70. The first-order valence-electron chi connectivity index (χ1n) is 8.17. The quantitative estimate of drug-likeness (QED) is 0.870. The predicted molar refractivity (Wildman–Crippen MR) is 87.5 cm³/mol. The highest BCUT2D eigenvalue weighted by molar-refractivity contribution is 5.48. The summed E-state index contributed by atoms with van der Waals surface area (Å²) < 4.78 is 5.49. The lowest BCUT2D eigenvalue weighted by atomic mass is 9.50. The number of fused-ring (bicyclic) bond motifs is 4. The Kier molecular flexibility index (Phi) is 2.76.